The van der Waals surface area contributed by atoms with Gasteiger partial charge < -0.3 is 14.4 Å². The smallest absolute Gasteiger partial charge is 0.223 e. The van der Waals surface area contributed by atoms with Crippen molar-refractivity contribution in [1.82, 2.24) is 4.90 Å². The summed E-state index contributed by atoms with van der Waals surface area (Å²) in [5, 5.41) is 10.0. The second kappa shape index (κ2) is 6.86. The van der Waals surface area contributed by atoms with Crippen LogP contribution in [0.4, 0.5) is 0 Å². The Bertz CT molecular complexity index is 504. The van der Waals surface area contributed by atoms with Crippen LogP contribution < -0.4 is 0 Å². The molecule has 0 aromatic carbocycles. The maximum atomic E-state index is 12.6. The number of rotatable bonds is 4. The molecule has 0 radical (unpaired) electrons. The van der Waals surface area contributed by atoms with Gasteiger partial charge in [0.15, 0.2) is 0 Å². The quantitative estimate of drug-likeness (QED) is 0.930. The molecule has 0 spiro atoms. The van der Waals surface area contributed by atoms with Crippen LogP contribution in [0.1, 0.15) is 56.5 Å². The lowest BCUT2D eigenvalue weighted by Crippen LogP contribution is -2.41. The number of hydrogen-bond donors (Lipinski definition) is 1. The molecule has 0 unspecified atom stereocenters. The Morgan fingerprint density at radius 3 is 2.77 bits per heavy atom. The van der Waals surface area contributed by atoms with Gasteiger partial charge in [-0.25, -0.2) is 0 Å². The van der Waals surface area contributed by atoms with Crippen LogP contribution in [0.2, 0.25) is 0 Å². The molecule has 4 heteroatoms. The molecule has 2 heterocycles. The lowest BCUT2D eigenvalue weighted by molar-refractivity contribution is -0.133. The summed E-state index contributed by atoms with van der Waals surface area (Å²) in [5.74, 6) is 2.51. The van der Waals surface area contributed by atoms with Gasteiger partial charge in [0.25, 0.3) is 0 Å². The Hall–Kier alpha value is -1.29. The van der Waals surface area contributed by atoms with E-state index in [0.29, 0.717) is 25.3 Å². The van der Waals surface area contributed by atoms with Crippen molar-refractivity contribution < 1.29 is 14.3 Å². The molecule has 122 valence electrons. The van der Waals surface area contributed by atoms with E-state index in [2.05, 4.69) is 0 Å². The molecule has 1 saturated carbocycles. The van der Waals surface area contributed by atoms with Crippen molar-refractivity contribution in [3.05, 3.63) is 23.7 Å². The zero-order valence-corrected chi connectivity index (χ0v) is 13.5. The summed E-state index contributed by atoms with van der Waals surface area (Å²) >= 11 is 0. The Kier molecular flexibility index (Phi) is 4.87. The molecule has 1 aliphatic carbocycles. The van der Waals surface area contributed by atoms with Gasteiger partial charge in [-0.15, -0.1) is 0 Å². The van der Waals surface area contributed by atoms with E-state index >= 15 is 0 Å². The third-order valence-electron chi connectivity index (χ3n) is 5.22. The van der Waals surface area contributed by atoms with Crippen molar-refractivity contribution in [1.29, 1.82) is 0 Å². The highest BCUT2D eigenvalue weighted by molar-refractivity contribution is 5.77. The molecule has 1 aromatic heterocycles. The van der Waals surface area contributed by atoms with Crippen LogP contribution in [0, 0.1) is 12.8 Å². The van der Waals surface area contributed by atoms with E-state index in [1.807, 2.05) is 24.0 Å². The number of amides is 1. The number of aryl methyl sites for hydroxylation is 2. The van der Waals surface area contributed by atoms with Crippen molar-refractivity contribution in [3.63, 3.8) is 0 Å². The van der Waals surface area contributed by atoms with Gasteiger partial charge in [-0.3, -0.25) is 4.79 Å². The average molecular weight is 305 g/mol. The van der Waals surface area contributed by atoms with Gasteiger partial charge in [0, 0.05) is 25.4 Å². The number of nitrogens with zero attached hydrogens (tertiary/aromatic N) is 1. The molecule has 0 bridgehead atoms. The monoisotopic (exact) mass is 305 g/mol. The first-order valence-electron chi connectivity index (χ1n) is 8.66. The van der Waals surface area contributed by atoms with Crippen LogP contribution in [0.5, 0.6) is 0 Å². The van der Waals surface area contributed by atoms with Crippen molar-refractivity contribution in [2.75, 3.05) is 6.54 Å². The van der Waals surface area contributed by atoms with Gasteiger partial charge in [0.05, 0.1) is 6.10 Å². The number of β-amino-alcohol motifs (C(OH)–C–C–N with tert-alkyl or cyclic N) is 1. The van der Waals surface area contributed by atoms with Crippen LogP contribution in [-0.4, -0.2) is 34.6 Å². The number of carbonyl (C=O) groups is 1. The largest absolute Gasteiger partial charge is 0.466 e. The highest BCUT2D eigenvalue weighted by Crippen LogP contribution is 2.34. The molecule has 2 aliphatic rings. The minimum Gasteiger partial charge on any atom is -0.466 e. The fourth-order valence-corrected chi connectivity index (χ4v) is 4.09. The van der Waals surface area contributed by atoms with Crippen molar-refractivity contribution in [2.24, 2.45) is 5.92 Å². The summed E-state index contributed by atoms with van der Waals surface area (Å²) in [7, 11) is 0. The Balaban J connectivity index is 1.59. The average Bonchev–Trinajstić information content (AvgIpc) is 3.11. The molecular formula is C18H27NO3. The van der Waals surface area contributed by atoms with Crippen LogP contribution in [0.3, 0.4) is 0 Å². The Morgan fingerprint density at radius 2 is 2.09 bits per heavy atom. The fourth-order valence-electron chi connectivity index (χ4n) is 4.09. The first-order chi connectivity index (χ1) is 10.6. The zero-order chi connectivity index (χ0) is 15.5. The lowest BCUT2D eigenvalue weighted by Gasteiger charge is -2.33. The van der Waals surface area contributed by atoms with Gasteiger partial charge in [-0.1, -0.05) is 19.3 Å². The molecule has 2 fully saturated rings. The predicted molar refractivity (Wildman–Crippen MR) is 84.5 cm³/mol. The van der Waals surface area contributed by atoms with E-state index in [0.717, 1.165) is 17.9 Å². The van der Waals surface area contributed by atoms with Crippen LogP contribution in [-0.2, 0) is 11.2 Å². The highest BCUT2D eigenvalue weighted by Gasteiger charge is 2.38. The summed E-state index contributed by atoms with van der Waals surface area (Å²) in [5.41, 5.74) is 0. The second-order valence-electron chi connectivity index (χ2n) is 6.91. The molecule has 1 saturated heterocycles. The van der Waals surface area contributed by atoms with Crippen LogP contribution >= 0.6 is 0 Å². The van der Waals surface area contributed by atoms with E-state index in [1.165, 1.54) is 32.1 Å². The van der Waals surface area contributed by atoms with Gasteiger partial charge in [-0.05, 0) is 44.2 Å². The van der Waals surface area contributed by atoms with E-state index in [9.17, 15) is 9.90 Å². The molecular weight excluding hydrogens is 278 g/mol. The summed E-state index contributed by atoms with van der Waals surface area (Å²) in [6, 6.07) is 4.13. The van der Waals surface area contributed by atoms with Crippen LogP contribution in [0.15, 0.2) is 16.5 Å². The fraction of sp³-hybridized carbons (Fsp3) is 0.722. The van der Waals surface area contributed by atoms with Gasteiger partial charge in [0.2, 0.25) is 5.91 Å². The first kappa shape index (κ1) is 15.6. The van der Waals surface area contributed by atoms with Crippen molar-refractivity contribution >= 4 is 5.91 Å². The normalized spacial score (nSPS) is 26.5. The number of aliphatic hydroxyl groups excluding tert-OH is 1. The zero-order valence-electron chi connectivity index (χ0n) is 13.5. The first-order valence-corrected chi connectivity index (χ1v) is 8.66. The lowest BCUT2D eigenvalue weighted by atomic mass is 9.82. The van der Waals surface area contributed by atoms with Gasteiger partial charge in [0.1, 0.15) is 11.5 Å². The van der Waals surface area contributed by atoms with E-state index < -0.39 is 0 Å². The van der Waals surface area contributed by atoms with E-state index in [4.69, 9.17) is 4.42 Å². The van der Waals surface area contributed by atoms with Gasteiger partial charge >= 0.3 is 0 Å². The summed E-state index contributed by atoms with van der Waals surface area (Å²) < 4.78 is 5.54. The third-order valence-corrected chi connectivity index (χ3v) is 5.22. The summed E-state index contributed by atoms with van der Waals surface area (Å²) in [6.45, 7) is 2.43. The molecule has 2 atom stereocenters. The van der Waals surface area contributed by atoms with Crippen molar-refractivity contribution in [3.8, 4) is 0 Å². The maximum Gasteiger partial charge on any atom is 0.223 e. The number of aliphatic hydroxyl groups is 1. The molecule has 1 amide bonds. The van der Waals surface area contributed by atoms with E-state index in [-0.39, 0.29) is 18.1 Å². The maximum absolute atomic E-state index is 12.6. The highest BCUT2D eigenvalue weighted by atomic mass is 16.3. The van der Waals surface area contributed by atoms with Crippen LogP contribution in [0.25, 0.3) is 0 Å². The minimum atomic E-state index is -0.346. The number of furan rings is 1. The summed E-state index contributed by atoms with van der Waals surface area (Å²) in [6.07, 6.45) is 7.81. The van der Waals surface area contributed by atoms with Crippen molar-refractivity contribution in [2.45, 2.75) is 70.4 Å². The molecule has 1 N–H and O–H groups in total. The molecule has 1 aliphatic heterocycles. The molecule has 4 nitrogen and oxygen atoms in total. The third kappa shape index (κ3) is 3.54. The predicted octanol–water partition coefficient (Wildman–Crippen LogP) is 3.06. The SMILES string of the molecule is Cc1ccc(CCC(=O)N2C[C@@H](O)C[C@H]2C2CCCCC2)o1. The topological polar surface area (TPSA) is 53.7 Å². The second-order valence-corrected chi connectivity index (χ2v) is 6.91. The Morgan fingerprint density at radius 1 is 1.32 bits per heavy atom. The molecule has 22 heavy (non-hydrogen) atoms. The number of likely N-dealkylation sites (tertiary alicyclic amines) is 1. The standard InChI is InChI=1S/C18H27NO3/c1-13-7-8-16(22-13)9-10-18(21)19-12-15(20)11-17(19)14-5-3-2-4-6-14/h7-8,14-15,17,20H,2-6,9-12H2,1H3/t15-,17-/m0/s1. The summed E-state index contributed by atoms with van der Waals surface area (Å²) in [4.78, 5) is 14.6. The minimum absolute atomic E-state index is 0.168. The molecule has 3 rings (SSSR count). The van der Waals surface area contributed by atoms with Gasteiger partial charge in [-0.2, -0.15) is 0 Å². The Labute approximate surface area is 132 Å². The number of hydrogen-bond acceptors (Lipinski definition) is 3. The molecule has 1 aromatic rings. The number of carbonyl (C=O) groups excluding carboxylic acids is 1. The van der Waals surface area contributed by atoms with E-state index in [1.54, 1.807) is 0 Å².